The molecule has 1 rings (SSSR count). The maximum absolute atomic E-state index is 11.4. The van der Waals surface area contributed by atoms with Gasteiger partial charge < -0.3 is 0 Å². The van der Waals surface area contributed by atoms with Gasteiger partial charge in [-0.2, -0.15) is 4.89 Å². The molecule has 0 fully saturated rings. The fourth-order valence-corrected chi connectivity index (χ4v) is 1.60. The molecule has 0 bridgehead atoms. The normalized spacial score (nSPS) is 19.3. The van der Waals surface area contributed by atoms with Crippen LogP contribution in [0.5, 0.6) is 0 Å². The molecule has 1 aliphatic heterocycles. The van der Waals surface area contributed by atoms with Gasteiger partial charge in [-0.1, -0.05) is 19.8 Å². The van der Waals surface area contributed by atoms with Gasteiger partial charge in [-0.3, -0.25) is 15.3 Å². The Labute approximate surface area is 93.6 Å². The van der Waals surface area contributed by atoms with E-state index in [1.54, 1.807) is 0 Å². The van der Waals surface area contributed by atoms with Gasteiger partial charge in [0.1, 0.15) is 0 Å². The van der Waals surface area contributed by atoms with Crippen molar-refractivity contribution < 1.29 is 19.7 Å². The van der Waals surface area contributed by atoms with E-state index in [4.69, 9.17) is 11.0 Å². The van der Waals surface area contributed by atoms with Crippen LogP contribution < -0.4 is 5.73 Å². The molecule has 6 heteroatoms. The summed E-state index contributed by atoms with van der Waals surface area (Å²) >= 11 is 0. The number of carbonyl (C=O) groups is 2. The summed E-state index contributed by atoms with van der Waals surface area (Å²) < 4.78 is 0. The molecule has 6 nitrogen and oxygen atoms in total. The predicted octanol–water partition coefficient (Wildman–Crippen LogP) is 0.594. The highest BCUT2D eigenvalue weighted by Crippen LogP contribution is 2.22. The summed E-state index contributed by atoms with van der Waals surface area (Å²) in [5.74, 6) is -2.90. The molecule has 0 aromatic rings. The highest BCUT2D eigenvalue weighted by molar-refractivity contribution is 6.13. The lowest BCUT2D eigenvalue weighted by molar-refractivity contribution is -0.354. The third-order valence-electron chi connectivity index (χ3n) is 2.48. The smallest absolute Gasteiger partial charge is 0.257 e. The van der Waals surface area contributed by atoms with E-state index >= 15 is 0 Å². The number of imide groups is 1. The van der Waals surface area contributed by atoms with Crippen LogP contribution in [-0.4, -0.2) is 27.8 Å². The molecule has 0 saturated heterocycles. The Morgan fingerprint density at radius 1 is 1.38 bits per heavy atom. The van der Waals surface area contributed by atoms with Crippen LogP contribution in [0.3, 0.4) is 0 Å². The first-order valence-corrected chi connectivity index (χ1v) is 5.23. The molecular weight excluding hydrogens is 212 g/mol. The molecule has 16 heavy (non-hydrogen) atoms. The molecule has 1 heterocycles. The third kappa shape index (κ3) is 2.46. The van der Waals surface area contributed by atoms with Gasteiger partial charge in [-0.05, 0) is 6.42 Å². The van der Waals surface area contributed by atoms with Crippen molar-refractivity contribution in [3.63, 3.8) is 0 Å². The molecule has 3 N–H and O–H groups in total. The second-order valence-electron chi connectivity index (χ2n) is 3.74. The third-order valence-corrected chi connectivity index (χ3v) is 2.48. The minimum atomic E-state index is -1.76. The molecule has 0 aliphatic carbocycles. The minimum absolute atomic E-state index is 0.205. The number of carbonyl (C=O) groups excluding carboxylic acids is 2. The summed E-state index contributed by atoms with van der Waals surface area (Å²) in [6.07, 6.45) is 4.90. The Morgan fingerprint density at radius 3 is 2.38 bits per heavy atom. The molecule has 0 spiro atoms. The van der Waals surface area contributed by atoms with E-state index in [1.165, 1.54) is 0 Å². The number of nitrogens with two attached hydrogens (primary N) is 1. The van der Waals surface area contributed by atoms with Crippen LogP contribution in [0.1, 0.15) is 32.6 Å². The first kappa shape index (κ1) is 12.8. The zero-order valence-electron chi connectivity index (χ0n) is 9.18. The van der Waals surface area contributed by atoms with E-state index in [0.717, 1.165) is 29.9 Å². The zero-order valence-corrected chi connectivity index (χ0v) is 9.18. The number of hydrogen-bond donors (Lipinski definition) is 2. The average Bonchev–Trinajstić information content (AvgIpc) is 2.59. The minimum Gasteiger partial charge on any atom is -0.283 e. The Bertz CT molecular complexity index is 298. The maximum atomic E-state index is 11.4. The molecule has 0 radical (unpaired) electrons. The van der Waals surface area contributed by atoms with Crippen molar-refractivity contribution in [3.8, 4) is 0 Å². The number of unbranched alkanes of at least 4 members (excludes halogenated alkanes) is 2. The van der Waals surface area contributed by atoms with Gasteiger partial charge in [0.25, 0.3) is 11.8 Å². The van der Waals surface area contributed by atoms with Crippen LogP contribution in [0.25, 0.3) is 0 Å². The van der Waals surface area contributed by atoms with E-state index in [0.29, 0.717) is 6.42 Å². The predicted molar refractivity (Wildman–Crippen MR) is 55.8 cm³/mol. The van der Waals surface area contributed by atoms with Gasteiger partial charge >= 0.3 is 0 Å². The summed E-state index contributed by atoms with van der Waals surface area (Å²) in [6, 6.07) is 0. The van der Waals surface area contributed by atoms with Gasteiger partial charge in [0.2, 0.25) is 5.85 Å². The molecule has 1 aliphatic rings. The van der Waals surface area contributed by atoms with E-state index < -0.39 is 17.7 Å². The maximum Gasteiger partial charge on any atom is 0.257 e. The zero-order chi connectivity index (χ0) is 12.2. The van der Waals surface area contributed by atoms with Crippen LogP contribution in [-0.2, 0) is 14.5 Å². The highest BCUT2D eigenvalue weighted by Gasteiger charge is 2.42. The Kier molecular flexibility index (Phi) is 4.17. The monoisotopic (exact) mass is 228 g/mol. The quantitative estimate of drug-likeness (QED) is 0.228. The number of nitrogens with zero attached hydrogens (tertiary/aromatic N) is 1. The second-order valence-corrected chi connectivity index (χ2v) is 3.74. The molecule has 0 aromatic heterocycles. The van der Waals surface area contributed by atoms with Gasteiger partial charge in [0, 0.05) is 18.6 Å². The van der Waals surface area contributed by atoms with E-state index in [2.05, 4.69) is 4.89 Å². The SMILES string of the molecule is CCCCCC(N)(OO)N1C(=O)C=CC1=O. The largest absolute Gasteiger partial charge is 0.283 e. The molecule has 1 unspecified atom stereocenters. The van der Waals surface area contributed by atoms with Gasteiger partial charge in [0.15, 0.2) is 0 Å². The van der Waals surface area contributed by atoms with E-state index in [1.807, 2.05) is 6.92 Å². The first-order chi connectivity index (χ1) is 7.55. The molecule has 0 aromatic carbocycles. The van der Waals surface area contributed by atoms with Crippen LogP contribution in [0.2, 0.25) is 0 Å². The summed E-state index contributed by atoms with van der Waals surface area (Å²) in [6.45, 7) is 2.01. The van der Waals surface area contributed by atoms with Crippen LogP contribution in [0, 0.1) is 0 Å². The van der Waals surface area contributed by atoms with Crippen molar-refractivity contribution in [1.29, 1.82) is 0 Å². The Balaban J connectivity index is 2.71. The fourth-order valence-electron chi connectivity index (χ4n) is 1.60. The second kappa shape index (κ2) is 5.20. The Hall–Kier alpha value is -1.24. The summed E-state index contributed by atoms with van der Waals surface area (Å²) in [4.78, 5) is 27.6. The average molecular weight is 228 g/mol. The van der Waals surface area contributed by atoms with Gasteiger partial charge in [-0.25, -0.2) is 10.2 Å². The van der Waals surface area contributed by atoms with Crippen molar-refractivity contribution in [2.75, 3.05) is 0 Å². The van der Waals surface area contributed by atoms with E-state index in [9.17, 15) is 9.59 Å². The van der Waals surface area contributed by atoms with Crippen molar-refractivity contribution in [2.45, 2.75) is 38.5 Å². The molecule has 2 amide bonds. The topological polar surface area (TPSA) is 92.9 Å². The summed E-state index contributed by atoms with van der Waals surface area (Å²) in [5, 5.41) is 8.78. The van der Waals surface area contributed by atoms with Crippen LogP contribution in [0.4, 0.5) is 0 Å². The summed E-state index contributed by atoms with van der Waals surface area (Å²) in [5.41, 5.74) is 5.70. The fraction of sp³-hybridized carbons (Fsp3) is 0.600. The number of amides is 2. The lowest BCUT2D eigenvalue weighted by Gasteiger charge is -2.33. The van der Waals surface area contributed by atoms with Crippen molar-refractivity contribution >= 4 is 11.8 Å². The lowest BCUT2D eigenvalue weighted by atomic mass is 10.1. The van der Waals surface area contributed by atoms with Crippen LogP contribution in [0.15, 0.2) is 12.2 Å². The molecular formula is C10H16N2O4. The lowest BCUT2D eigenvalue weighted by Crippen LogP contribution is -2.59. The molecule has 1 atom stereocenters. The number of rotatable bonds is 6. The van der Waals surface area contributed by atoms with Crippen molar-refractivity contribution in [2.24, 2.45) is 5.73 Å². The summed E-state index contributed by atoms with van der Waals surface area (Å²) in [7, 11) is 0. The van der Waals surface area contributed by atoms with Crippen molar-refractivity contribution in [3.05, 3.63) is 12.2 Å². The highest BCUT2D eigenvalue weighted by atomic mass is 17.1. The molecule has 0 saturated carbocycles. The first-order valence-electron chi connectivity index (χ1n) is 5.23. The standard InChI is InChI=1S/C10H16N2O4/c1-2-3-4-7-10(11,16-15)12-8(13)5-6-9(12)14/h5-6,15H,2-4,7,11H2,1H3. The van der Waals surface area contributed by atoms with Crippen LogP contribution >= 0.6 is 0 Å². The number of hydrogen-bond acceptors (Lipinski definition) is 5. The molecule has 90 valence electrons. The van der Waals surface area contributed by atoms with Crippen molar-refractivity contribution in [1.82, 2.24) is 4.90 Å². The van der Waals surface area contributed by atoms with Gasteiger partial charge in [-0.15, -0.1) is 0 Å². The van der Waals surface area contributed by atoms with E-state index in [-0.39, 0.29) is 6.42 Å². The Morgan fingerprint density at radius 2 is 1.94 bits per heavy atom. The van der Waals surface area contributed by atoms with Gasteiger partial charge in [0.05, 0.1) is 0 Å².